The van der Waals surface area contributed by atoms with Gasteiger partial charge in [0, 0.05) is 12.6 Å². The molecular weight excluding hydrogens is 238 g/mol. The third-order valence-corrected chi connectivity index (χ3v) is 3.40. The topological polar surface area (TPSA) is 30.5 Å². The lowest BCUT2D eigenvalue weighted by Gasteiger charge is -2.17. The summed E-state index contributed by atoms with van der Waals surface area (Å²) in [5.41, 5.74) is 1.22. The van der Waals surface area contributed by atoms with E-state index in [1.165, 1.54) is 5.56 Å². The molecule has 0 aromatic heterocycles. The molecule has 1 rings (SSSR count). The monoisotopic (exact) mass is 265 g/mol. The Balaban J connectivity index is 2.72. The Bertz CT molecular complexity index is 379. The summed E-state index contributed by atoms with van der Waals surface area (Å²) in [6.07, 6.45) is 2.32. The molecule has 2 unspecified atom stereocenters. The summed E-state index contributed by atoms with van der Waals surface area (Å²) in [6, 6.07) is 6.67. The fraction of sp³-hybridized carbons (Fsp3) is 0.625. The van der Waals surface area contributed by atoms with Gasteiger partial charge in [-0.3, -0.25) is 0 Å². The minimum atomic E-state index is 0.206. The lowest BCUT2D eigenvalue weighted by atomic mass is 10.1. The molecule has 1 N–H and O–H groups in total. The van der Waals surface area contributed by atoms with Gasteiger partial charge in [0.2, 0.25) is 0 Å². The molecule has 0 bridgehead atoms. The van der Waals surface area contributed by atoms with E-state index in [2.05, 4.69) is 39.1 Å². The van der Waals surface area contributed by atoms with Gasteiger partial charge in [0.25, 0.3) is 0 Å². The van der Waals surface area contributed by atoms with E-state index in [1.807, 2.05) is 12.1 Å². The van der Waals surface area contributed by atoms with Crippen LogP contribution in [0.5, 0.6) is 11.5 Å². The number of nitrogens with one attached hydrogen (secondary N) is 1. The van der Waals surface area contributed by atoms with Gasteiger partial charge in [-0.05, 0) is 44.4 Å². The Kier molecular flexibility index (Phi) is 6.71. The van der Waals surface area contributed by atoms with Crippen LogP contribution in [-0.4, -0.2) is 19.3 Å². The summed E-state index contributed by atoms with van der Waals surface area (Å²) in [4.78, 5) is 0. The molecule has 0 saturated carbocycles. The highest BCUT2D eigenvalue weighted by atomic mass is 16.5. The summed E-state index contributed by atoms with van der Waals surface area (Å²) in [7, 11) is 1.69. The first-order valence-corrected chi connectivity index (χ1v) is 7.17. The Hall–Kier alpha value is -1.22. The first-order valence-electron chi connectivity index (χ1n) is 7.17. The number of hydrogen-bond acceptors (Lipinski definition) is 3. The van der Waals surface area contributed by atoms with Crippen molar-refractivity contribution in [2.45, 2.75) is 59.2 Å². The Morgan fingerprint density at radius 2 is 1.84 bits per heavy atom. The zero-order valence-corrected chi connectivity index (χ0v) is 12.8. The van der Waals surface area contributed by atoms with Gasteiger partial charge in [-0.15, -0.1) is 0 Å². The highest BCUT2D eigenvalue weighted by Gasteiger charge is 2.09. The number of methoxy groups -OCH3 is 1. The molecule has 2 atom stereocenters. The number of rotatable bonds is 8. The van der Waals surface area contributed by atoms with Gasteiger partial charge < -0.3 is 14.8 Å². The predicted octanol–water partition coefficient (Wildman–Crippen LogP) is 3.76. The van der Waals surface area contributed by atoms with Crippen molar-refractivity contribution in [3.63, 3.8) is 0 Å². The van der Waals surface area contributed by atoms with Gasteiger partial charge in [-0.25, -0.2) is 0 Å². The Labute approximate surface area is 117 Å². The van der Waals surface area contributed by atoms with Gasteiger partial charge in [0.05, 0.1) is 13.2 Å². The van der Waals surface area contributed by atoms with Crippen LogP contribution in [0.1, 0.15) is 46.1 Å². The molecule has 0 aliphatic rings. The lowest BCUT2D eigenvalue weighted by molar-refractivity contribution is 0.207. The van der Waals surface area contributed by atoms with Crippen LogP contribution >= 0.6 is 0 Å². The van der Waals surface area contributed by atoms with Crippen LogP contribution in [0.3, 0.4) is 0 Å². The SMILES string of the molecule is CCC(C)NCc1ccc(OC(C)CC)c(OC)c1. The van der Waals surface area contributed by atoms with Crippen molar-refractivity contribution in [1.29, 1.82) is 0 Å². The van der Waals surface area contributed by atoms with Crippen molar-refractivity contribution in [2.75, 3.05) is 7.11 Å². The summed E-state index contributed by atoms with van der Waals surface area (Å²) in [6.45, 7) is 9.41. The van der Waals surface area contributed by atoms with E-state index < -0.39 is 0 Å². The van der Waals surface area contributed by atoms with E-state index >= 15 is 0 Å². The quantitative estimate of drug-likeness (QED) is 0.776. The highest BCUT2D eigenvalue weighted by Crippen LogP contribution is 2.29. The largest absolute Gasteiger partial charge is 0.493 e. The first kappa shape index (κ1) is 15.8. The summed E-state index contributed by atoms with van der Waals surface area (Å²) in [5, 5.41) is 3.47. The smallest absolute Gasteiger partial charge is 0.161 e. The molecule has 0 amide bonds. The van der Waals surface area contributed by atoms with E-state index in [0.29, 0.717) is 6.04 Å². The molecular formula is C16H27NO2. The third kappa shape index (κ3) is 5.11. The average molecular weight is 265 g/mol. The van der Waals surface area contributed by atoms with Crippen LogP contribution in [0, 0.1) is 0 Å². The van der Waals surface area contributed by atoms with Gasteiger partial charge in [-0.1, -0.05) is 19.9 Å². The Morgan fingerprint density at radius 3 is 2.42 bits per heavy atom. The molecule has 108 valence electrons. The second kappa shape index (κ2) is 8.05. The van der Waals surface area contributed by atoms with E-state index in [4.69, 9.17) is 9.47 Å². The molecule has 0 fully saturated rings. The molecule has 0 spiro atoms. The van der Waals surface area contributed by atoms with E-state index in [0.717, 1.165) is 30.9 Å². The fourth-order valence-corrected chi connectivity index (χ4v) is 1.66. The molecule has 1 aromatic rings. The molecule has 0 radical (unpaired) electrons. The van der Waals surface area contributed by atoms with Crippen LogP contribution in [-0.2, 0) is 6.54 Å². The second-order valence-electron chi connectivity index (χ2n) is 5.01. The predicted molar refractivity (Wildman–Crippen MR) is 80.0 cm³/mol. The van der Waals surface area contributed by atoms with Gasteiger partial charge in [0.15, 0.2) is 11.5 Å². The maximum Gasteiger partial charge on any atom is 0.161 e. The van der Waals surface area contributed by atoms with Crippen molar-refractivity contribution in [1.82, 2.24) is 5.32 Å². The maximum atomic E-state index is 5.84. The third-order valence-electron chi connectivity index (χ3n) is 3.40. The molecule has 0 heterocycles. The Morgan fingerprint density at radius 1 is 1.11 bits per heavy atom. The molecule has 0 aliphatic carbocycles. The first-order chi connectivity index (χ1) is 9.10. The average Bonchev–Trinajstić information content (AvgIpc) is 2.45. The van der Waals surface area contributed by atoms with E-state index in [-0.39, 0.29) is 6.10 Å². The fourth-order valence-electron chi connectivity index (χ4n) is 1.66. The molecule has 1 aromatic carbocycles. The van der Waals surface area contributed by atoms with Gasteiger partial charge >= 0.3 is 0 Å². The molecule has 3 heteroatoms. The normalized spacial score (nSPS) is 13.9. The summed E-state index contributed by atoms with van der Waals surface area (Å²) in [5.74, 6) is 1.63. The second-order valence-corrected chi connectivity index (χ2v) is 5.01. The maximum absolute atomic E-state index is 5.84. The van der Waals surface area contributed by atoms with E-state index in [1.54, 1.807) is 7.11 Å². The zero-order valence-electron chi connectivity index (χ0n) is 12.8. The minimum absolute atomic E-state index is 0.206. The number of ether oxygens (including phenoxy) is 2. The van der Waals surface area contributed by atoms with Crippen molar-refractivity contribution < 1.29 is 9.47 Å². The van der Waals surface area contributed by atoms with Crippen molar-refractivity contribution in [3.8, 4) is 11.5 Å². The van der Waals surface area contributed by atoms with Crippen LogP contribution < -0.4 is 14.8 Å². The molecule has 0 aliphatic heterocycles. The van der Waals surface area contributed by atoms with Crippen LogP contribution in [0.25, 0.3) is 0 Å². The van der Waals surface area contributed by atoms with Crippen LogP contribution in [0.4, 0.5) is 0 Å². The standard InChI is InChI=1S/C16H27NO2/c1-6-12(3)17-11-14-8-9-15(16(10-14)18-5)19-13(4)7-2/h8-10,12-13,17H,6-7,11H2,1-5H3. The van der Waals surface area contributed by atoms with Gasteiger partial charge in [-0.2, -0.15) is 0 Å². The molecule has 19 heavy (non-hydrogen) atoms. The highest BCUT2D eigenvalue weighted by molar-refractivity contribution is 5.43. The molecule has 0 saturated heterocycles. The zero-order chi connectivity index (χ0) is 14.3. The van der Waals surface area contributed by atoms with Crippen molar-refractivity contribution in [3.05, 3.63) is 23.8 Å². The van der Waals surface area contributed by atoms with Crippen molar-refractivity contribution >= 4 is 0 Å². The number of benzene rings is 1. The minimum Gasteiger partial charge on any atom is -0.493 e. The van der Waals surface area contributed by atoms with Crippen LogP contribution in [0.2, 0.25) is 0 Å². The van der Waals surface area contributed by atoms with E-state index in [9.17, 15) is 0 Å². The lowest BCUT2D eigenvalue weighted by Crippen LogP contribution is -2.24. The van der Waals surface area contributed by atoms with Crippen molar-refractivity contribution in [2.24, 2.45) is 0 Å². The summed E-state index contributed by atoms with van der Waals surface area (Å²) >= 11 is 0. The molecule has 3 nitrogen and oxygen atoms in total. The summed E-state index contributed by atoms with van der Waals surface area (Å²) < 4.78 is 11.3. The van der Waals surface area contributed by atoms with Gasteiger partial charge in [0.1, 0.15) is 0 Å². The van der Waals surface area contributed by atoms with Crippen LogP contribution in [0.15, 0.2) is 18.2 Å². The number of hydrogen-bond donors (Lipinski definition) is 1.